The van der Waals surface area contributed by atoms with Crippen molar-refractivity contribution in [2.45, 2.75) is 60.8 Å². The third-order valence-corrected chi connectivity index (χ3v) is 4.63. The molecule has 0 aromatic heterocycles. The smallest absolute Gasteiger partial charge is 0.0980 e. The van der Waals surface area contributed by atoms with E-state index in [0.29, 0.717) is 5.92 Å². The molecule has 3 heteroatoms. The van der Waals surface area contributed by atoms with Gasteiger partial charge in [-0.1, -0.05) is 50.1 Å². The van der Waals surface area contributed by atoms with Crippen LogP contribution in [0.5, 0.6) is 0 Å². The molecular formula is C23H35N3. The van der Waals surface area contributed by atoms with Gasteiger partial charge in [0.2, 0.25) is 0 Å². The third-order valence-electron chi connectivity index (χ3n) is 4.63. The maximum Gasteiger partial charge on any atom is 0.0980 e. The topological polar surface area (TPSA) is 36.8 Å². The standard InChI is InChI=1S/C23H35N3/c1-8-10-21(9-2)23(18(4)15-16-25-20(6)24-7)26-19(5)22-13-11-17(3)12-14-22/h11-16,21H,8-10H2,1-7H3,(H,24,25)/b16-15-,23-18+,26-19+. The normalized spacial score (nSPS) is 15.2. The molecule has 0 aliphatic carbocycles. The number of benzene rings is 1. The molecule has 1 atom stereocenters. The third kappa shape index (κ3) is 6.99. The summed E-state index contributed by atoms with van der Waals surface area (Å²) in [6, 6.07) is 8.59. The second kappa shape index (κ2) is 11.5. The largest absolute Gasteiger partial charge is 0.377 e. The zero-order valence-electron chi connectivity index (χ0n) is 17.6. The molecule has 0 spiro atoms. The van der Waals surface area contributed by atoms with Gasteiger partial charge in [-0.3, -0.25) is 4.99 Å². The lowest BCUT2D eigenvalue weighted by Crippen LogP contribution is -2.12. The average molecular weight is 354 g/mol. The Labute approximate surface area is 160 Å². The Balaban J connectivity index is 3.28. The highest BCUT2D eigenvalue weighted by Gasteiger charge is 2.14. The second-order valence-electron chi connectivity index (χ2n) is 6.81. The van der Waals surface area contributed by atoms with Gasteiger partial charge in [0.05, 0.1) is 5.84 Å². The predicted octanol–water partition coefficient (Wildman–Crippen LogP) is 6.06. The number of nitrogens with zero attached hydrogens (tertiary/aromatic N) is 2. The first-order chi connectivity index (χ1) is 12.4. The van der Waals surface area contributed by atoms with Crippen LogP contribution < -0.4 is 5.32 Å². The summed E-state index contributed by atoms with van der Waals surface area (Å²) in [5.74, 6) is 1.37. The van der Waals surface area contributed by atoms with Gasteiger partial charge in [0.25, 0.3) is 0 Å². The molecule has 0 radical (unpaired) electrons. The van der Waals surface area contributed by atoms with Crippen molar-refractivity contribution in [1.82, 2.24) is 5.32 Å². The molecule has 1 aromatic rings. The number of allylic oxidation sites excluding steroid dienone is 3. The molecule has 0 heterocycles. The fraction of sp³-hybridized carbons (Fsp3) is 0.478. The summed E-state index contributed by atoms with van der Waals surface area (Å²) in [7, 11) is 1.88. The van der Waals surface area contributed by atoms with Crippen LogP contribution in [0.3, 0.4) is 0 Å². The Hall–Kier alpha value is -2.16. The molecule has 0 saturated heterocycles. The number of aliphatic imine (C=N–C) groups is 2. The summed E-state index contributed by atoms with van der Waals surface area (Å²) in [5, 5.41) is 3.04. The number of amidine groups is 1. The van der Waals surface area contributed by atoms with Gasteiger partial charge in [0.15, 0.2) is 0 Å². The van der Waals surface area contributed by atoms with E-state index in [1.54, 1.807) is 0 Å². The second-order valence-corrected chi connectivity index (χ2v) is 6.81. The first kappa shape index (κ1) is 21.9. The molecular weight excluding hydrogens is 318 g/mol. The van der Waals surface area contributed by atoms with Crippen LogP contribution in [-0.2, 0) is 0 Å². The predicted molar refractivity (Wildman–Crippen MR) is 116 cm³/mol. The van der Waals surface area contributed by atoms with Crippen molar-refractivity contribution in [3.8, 4) is 0 Å². The van der Waals surface area contributed by atoms with Crippen LogP contribution in [0.4, 0.5) is 0 Å². The summed E-state index contributed by atoms with van der Waals surface area (Å²) in [6.07, 6.45) is 7.34. The summed E-state index contributed by atoms with van der Waals surface area (Å²) in [5.41, 5.74) is 5.88. The van der Waals surface area contributed by atoms with Crippen LogP contribution in [0.15, 0.2) is 57.8 Å². The Kier molecular flexibility index (Phi) is 9.64. The van der Waals surface area contributed by atoms with Crippen LogP contribution in [0.2, 0.25) is 0 Å². The minimum Gasteiger partial charge on any atom is -0.377 e. The summed E-state index contributed by atoms with van der Waals surface area (Å²) in [6.45, 7) is 12.8. The van der Waals surface area contributed by atoms with Gasteiger partial charge in [-0.15, -0.1) is 0 Å². The maximum absolute atomic E-state index is 5.06. The van der Waals surface area contributed by atoms with E-state index >= 15 is 0 Å². The van der Waals surface area contributed by atoms with Crippen LogP contribution in [0.1, 0.15) is 65.0 Å². The molecule has 1 aromatic carbocycles. The van der Waals surface area contributed by atoms with E-state index in [4.69, 9.17) is 4.99 Å². The number of nitrogens with one attached hydrogen (secondary N) is 1. The Morgan fingerprint density at radius 1 is 1.12 bits per heavy atom. The van der Waals surface area contributed by atoms with E-state index in [1.807, 2.05) is 20.2 Å². The van der Waals surface area contributed by atoms with Gasteiger partial charge in [0, 0.05) is 30.6 Å². The zero-order chi connectivity index (χ0) is 19.5. The van der Waals surface area contributed by atoms with E-state index < -0.39 is 0 Å². The van der Waals surface area contributed by atoms with Crippen LogP contribution in [0, 0.1) is 12.8 Å². The van der Waals surface area contributed by atoms with E-state index in [0.717, 1.165) is 30.8 Å². The van der Waals surface area contributed by atoms with Crippen LogP contribution in [0.25, 0.3) is 0 Å². The maximum atomic E-state index is 5.06. The van der Waals surface area contributed by atoms with Gasteiger partial charge < -0.3 is 5.32 Å². The Morgan fingerprint density at radius 2 is 1.77 bits per heavy atom. The van der Waals surface area contributed by atoms with Crippen molar-refractivity contribution in [2.24, 2.45) is 15.9 Å². The molecule has 0 saturated carbocycles. The molecule has 0 amide bonds. The fourth-order valence-corrected chi connectivity index (χ4v) is 2.83. The molecule has 3 nitrogen and oxygen atoms in total. The quantitative estimate of drug-likeness (QED) is 0.344. The molecule has 0 fully saturated rings. The van der Waals surface area contributed by atoms with Gasteiger partial charge in [-0.2, -0.15) is 0 Å². The highest BCUT2D eigenvalue weighted by Crippen LogP contribution is 2.26. The molecule has 1 rings (SSSR count). The molecule has 0 bridgehead atoms. The first-order valence-corrected chi connectivity index (χ1v) is 9.64. The molecule has 26 heavy (non-hydrogen) atoms. The van der Waals surface area contributed by atoms with Crippen molar-refractivity contribution in [3.05, 3.63) is 58.9 Å². The van der Waals surface area contributed by atoms with Gasteiger partial charge in [-0.25, -0.2) is 4.99 Å². The minimum absolute atomic E-state index is 0.472. The Morgan fingerprint density at radius 3 is 2.31 bits per heavy atom. The van der Waals surface area contributed by atoms with Crippen molar-refractivity contribution >= 4 is 11.5 Å². The summed E-state index contributed by atoms with van der Waals surface area (Å²) < 4.78 is 0. The van der Waals surface area contributed by atoms with Gasteiger partial charge in [0.1, 0.15) is 0 Å². The SMILES string of the molecule is CCCC(CC)C(/N=C(\C)c1ccc(C)cc1)=C(C)\C=C/N=C(\C)NC. The summed E-state index contributed by atoms with van der Waals surface area (Å²) >= 11 is 0. The van der Waals surface area contributed by atoms with Crippen molar-refractivity contribution in [2.75, 3.05) is 7.05 Å². The number of rotatable bonds is 8. The lowest BCUT2D eigenvalue weighted by molar-refractivity contribution is 0.527. The number of hydrogen-bond donors (Lipinski definition) is 1. The summed E-state index contributed by atoms with van der Waals surface area (Å²) in [4.78, 5) is 9.45. The van der Waals surface area contributed by atoms with Crippen molar-refractivity contribution in [3.63, 3.8) is 0 Å². The minimum atomic E-state index is 0.472. The first-order valence-electron chi connectivity index (χ1n) is 9.64. The van der Waals surface area contributed by atoms with Crippen molar-refractivity contribution < 1.29 is 0 Å². The average Bonchev–Trinajstić information content (AvgIpc) is 2.64. The molecule has 0 aliphatic heterocycles. The van der Waals surface area contributed by atoms with Crippen LogP contribution in [-0.4, -0.2) is 18.6 Å². The highest BCUT2D eigenvalue weighted by molar-refractivity contribution is 5.99. The van der Waals surface area contributed by atoms with E-state index in [1.165, 1.54) is 22.4 Å². The van der Waals surface area contributed by atoms with E-state index in [2.05, 4.69) is 75.3 Å². The van der Waals surface area contributed by atoms with Gasteiger partial charge >= 0.3 is 0 Å². The molecule has 142 valence electrons. The van der Waals surface area contributed by atoms with Crippen LogP contribution >= 0.6 is 0 Å². The molecule has 0 aliphatic rings. The monoisotopic (exact) mass is 353 g/mol. The number of aryl methyl sites for hydroxylation is 1. The lowest BCUT2D eigenvalue weighted by atomic mass is 9.93. The Bertz CT molecular complexity index is 676. The molecule has 1 N–H and O–H groups in total. The fourth-order valence-electron chi connectivity index (χ4n) is 2.83. The lowest BCUT2D eigenvalue weighted by Gasteiger charge is -2.18. The van der Waals surface area contributed by atoms with Crippen molar-refractivity contribution in [1.29, 1.82) is 0 Å². The highest BCUT2D eigenvalue weighted by atomic mass is 14.9. The zero-order valence-corrected chi connectivity index (χ0v) is 17.6. The number of hydrogen-bond acceptors (Lipinski definition) is 2. The van der Waals surface area contributed by atoms with E-state index in [-0.39, 0.29) is 0 Å². The van der Waals surface area contributed by atoms with E-state index in [9.17, 15) is 0 Å². The van der Waals surface area contributed by atoms with Gasteiger partial charge in [-0.05, 0) is 57.7 Å². The molecule has 1 unspecified atom stereocenters.